The van der Waals surface area contributed by atoms with Crippen LogP contribution in [0.3, 0.4) is 0 Å². The highest BCUT2D eigenvalue weighted by Crippen LogP contribution is 2.47. The predicted octanol–water partition coefficient (Wildman–Crippen LogP) is 2.80. The molecule has 0 radical (unpaired) electrons. The molecule has 5 N–H and O–H groups in total. The molecule has 1 fully saturated rings. The fraction of sp³-hybridized carbons (Fsp3) is 0.464. The number of nitrogen functional groups attached to an aromatic ring is 1. The summed E-state index contributed by atoms with van der Waals surface area (Å²) in [6.07, 6.45) is 4.06. The lowest BCUT2D eigenvalue weighted by molar-refractivity contribution is -0.150. The number of para-hydroxylation sites is 1. The number of esters is 1. The normalized spacial score (nSPS) is 24.4. The molecular weight excluding hydrogens is 565 g/mol. The van der Waals surface area contributed by atoms with Gasteiger partial charge in [0.25, 0.3) is 0 Å². The van der Waals surface area contributed by atoms with Crippen molar-refractivity contribution in [3.05, 3.63) is 48.9 Å². The molecule has 2 aromatic heterocycles. The Hall–Kier alpha value is -3.50. The minimum Gasteiger partial charge on any atom is -0.462 e. The van der Waals surface area contributed by atoms with Gasteiger partial charge in [-0.05, 0) is 44.4 Å². The van der Waals surface area contributed by atoms with Crippen molar-refractivity contribution in [2.75, 3.05) is 12.3 Å². The monoisotopic (exact) mass is 601 g/mol. The quantitative estimate of drug-likeness (QED) is 0.136. The highest BCUT2D eigenvalue weighted by Gasteiger charge is 2.56. The number of hydrogen-bond acceptors (Lipinski definition) is 11. The Balaban J connectivity index is 1.61. The number of aliphatic hydroxyl groups excluding tert-OH is 1. The van der Waals surface area contributed by atoms with E-state index in [2.05, 4.69) is 21.0 Å². The van der Waals surface area contributed by atoms with Crippen molar-refractivity contribution in [3.63, 3.8) is 0 Å². The summed E-state index contributed by atoms with van der Waals surface area (Å²) in [6.45, 7) is 6.67. The molecule has 4 rings (SSSR count). The van der Waals surface area contributed by atoms with Gasteiger partial charge < -0.3 is 34.5 Å². The van der Waals surface area contributed by atoms with Crippen LogP contribution in [-0.2, 0) is 23.4 Å². The third kappa shape index (κ3) is 6.76. The summed E-state index contributed by atoms with van der Waals surface area (Å²) in [5.41, 5.74) is 4.03. The zero-order valence-electron chi connectivity index (χ0n) is 23.8. The summed E-state index contributed by atoms with van der Waals surface area (Å²) in [5.74, 6) is 2.02. The summed E-state index contributed by atoms with van der Waals surface area (Å²) < 4.78 is 38.4. The molecule has 13 nitrogen and oxygen atoms in total. The number of benzene rings is 1. The van der Waals surface area contributed by atoms with E-state index in [0.29, 0.717) is 11.0 Å². The molecule has 42 heavy (non-hydrogen) atoms. The Bertz CT molecular complexity index is 1480. The first kappa shape index (κ1) is 31.4. The van der Waals surface area contributed by atoms with Gasteiger partial charge in [0.2, 0.25) is 0 Å². The van der Waals surface area contributed by atoms with Gasteiger partial charge in [0, 0.05) is 6.20 Å². The molecular formula is C28H36N5O8P. The molecule has 1 aliphatic heterocycles. The van der Waals surface area contributed by atoms with Gasteiger partial charge >= 0.3 is 13.7 Å². The fourth-order valence-electron chi connectivity index (χ4n) is 4.58. The van der Waals surface area contributed by atoms with Crippen LogP contribution >= 0.6 is 7.75 Å². The Morgan fingerprint density at radius 1 is 1.26 bits per heavy atom. The molecule has 0 aliphatic carbocycles. The first-order valence-corrected chi connectivity index (χ1v) is 15.0. The van der Waals surface area contributed by atoms with Crippen LogP contribution in [-0.4, -0.2) is 67.3 Å². The summed E-state index contributed by atoms with van der Waals surface area (Å²) in [5, 5.41) is 25.6. The van der Waals surface area contributed by atoms with Crippen LogP contribution < -0.4 is 15.3 Å². The second-order valence-corrected chi connectivity index (χ2v) is 12.3. The molecule has 1 saturated heterocycles. The van der Waals surface area contributed by atoms with E-state index in [1.807, 2.05) is 13.8 Å². The highest BCUT2D eigenvalue weighted by molar-refractivity contribution is 7.52. The number of carbonyl (C=O) groups excluding carboxylic acids is 1. The van der Waals surface area contributed by atoms with Crippen LogP contribution in [0.4, 0.5) is 5.82 Å². The first-order valence-electron chi connectivity index (χ1n) is 13.4. The second-order valence-electron chi connectivity index (χ2n) is 10.7. The Morgan fingerprint density at radius 3 is 2.62 bits per heavy atom. The van der Waals surface area contributed by atoms with Gasteiger partial charge in [-0.25, -0.2) is 14.5 Å². The lowest BCUT2D eigenvalue weighted by Gasteiger charge is -2.27. The predicted molar refractivity (Wildman–Crippen MR) is 154 cm³/mol. The van der Waals surface area contributed by atoms with Crippen molar-refractivity contribution in [3.8, 4) is 18.1 Å². The average molecular weight is 602 g/mol. The molecule has 3 heterocycles. The van der Waals surface area contributed by atoms with Gasteiger partial charge in [-0.15, -0.1) is 6.42 Å². The van der Waals surface area contributed by atoms with Crippen molar-refractivity contribution in [1.29, 1.82) is 0 Å². The average Bonchev–Trinajstić information content (AvgIpc) is 3.47. The van der Waals surface area contributed by atoms with E-state index in [-0.39, 0.29) is 23.9 Å². The van der Waals surface area contributed by atoms with Crippen molar-refractivity contribution in [2.45, 2.75) is 70.3 Å². The zero-order chi connectivity index (χ0) is 30.7. The van der Waals surface area contributed by atoms with Gasteiger partial charge in [-0.1, -0.05) is 38.0 Å². The van der Waals surface area contributed by atoms with E-state index in [1.54, 1.807) is 56.4 Å². The molecule has 0 bridgehead atoms. The number of anilines is 1. The molecule has 1 aromatic carbocycles. The van der Waals surface area contributed by atoms with E-state index >= 15 is 0 Å². The number of nitrogens with two attached hydrogens (primary N) is 1. The van der Waals surface area contributed by atoms with Crippen LogP contribution in [0.1, 0.15) is 40.3 Å². The molecule has 1 aliphatic rings. The van der Waals surface area contributed by atoms with Gasteiger partial charge in [0.1, 0.15) is 41.8 Å². The number of ether oxygens (including phenoxy) is 2. The van der Waals surface area contributed by atoms with Gasteiger partial charge in [0.05, 0.1) is 18.1 Å². The smallest absolute Gasteiger partial charge is 0.459 e. The van der Waals surface area contributed by atoms with Crippen LogP contribution in [0.5, 0.6) is 5.75 Å². The SMILES string of the molecule is C#C[C@@]1(O)[C@H](O)[C@@H](COP(=O)(N[C@@H](CC(C)C)C(=O)OC(C)C)Oc2ccccc2)O[C@H]1n1ccc2c(N)ncnc21. The topological polar surface area (TPSA) is 180 Å². The maximum absolute atomic E-state index is 14.1. The number of aromatic nitrogens is 3. The zero-order valence-corrected chi connectivity index (χ0v) is 24.7. The van der Waals surface area contributed by atoms with E-state index in [1.165, 1.54) is 10.9 Å². The molecule has 6 atom stereocenters. The minimum absolute atomic E-state index is 0.0213. The fourth-order valence-corrected chi connectivity index (χ4v) is 6.09. The molecule has 0 saturated carbocycles. The molecule has 0 amide bonds. The number of fused-ring (bicyclic) bond motifs is 1. The van der Waals surface area contributed by atoms with E-state index in [9.17, 15) is 19.6 Å². The van der Waals surface area contributed by atoms with Crippen LogP contribution in [0, 0.1) is 18.3 Å². The van der Waals surface area contributed by atoms with Gasteiger partial charge in [0.15, 0.2) is 11.8 Å². The van der Waals surface area contributed by atoms with Crippen molar-refractivity contribution < 1.29 is 38.1 Å². The van der Waals surface area contributed by atoms with Crippen molar-refractivity contribution in [2.24, 2.45) is 5.92 Å². The molecule has 226 valence electrons. The Kier molecular flexibility index (Phi) is 9.57. The van der Waals surface area contributed by atoms with E-state index < -0.39 is 56.5 Å². The first-order chi connectivity index (χ1) is 19.9. The maximum atomic E-state index is 14.1. The van der Waals surface area contributed by atoms with Crippen molar-refractivity contribution in [1.82, 2.24) is 19.6 Å². The Morgan fingerprint density at radius 2 is 1.98 bits per heavy atom. The van der Waals surface area contributed by atoms with Gasteiger partial charge in [-0.2, -0.15) is 5.09 Å². The number of carbonyl (C=O) groups is 1. The summed E-state index contributed by atoms with van der Waals surface area (Å²) in [7, 11) is -4.32. The number of aliphatic hydroxyl groups is 2. The highest BCUT2D eigenvalue weighted by atomic mass is 31.2. The molecule has 1 unspecified atom stereocenters. The summed E-state index contributed by atoms with van der Waals surface area (Å²) in [6, 6.07) is 8.83. The molecule has 0 spiro atoms. The number of hydrogen-bond donors (Lipinski definition) is 4. The number of terminal acetylenes is 1. The van der Waals surface area contributed by atoms with Crippen LogP contribution in [0.25, 0.3) is 11.0 Å². The second kappa shape index (κ2) is 12.8. The Labute approximate surface area is 243 Å². The lowest BCUT2D eigenvalue weighted by atomic mass is 9.95. The summed E-state index contributed by atoms with van der Waals surface area (Å²) in [4.78, 5) is 21.1. The third-order valence-electron chi connectivity index (χ3n) is 6.54. The van der Waals surface area contributed by atoms with E-state index in [4.69, 9.17) is 30.7 Å². The van der Waals surface area contributed by atoms with Crippen LogP contribution in [0.2, 0.25) is 0 Å². The third-order valence-corrected chi connectivity index (χ3v) is 8.11. The maximum Gasteiger partial charge on any atom is 0.459 e. The number of nitrogens with one attached hydrogen (secondary N) is 1. The standard InChI is InChI=1S/C28H36N5O8P/c1-6-28(36)23(34)22(40-27(28)33-13-12-20-24(29)30-16-31-25(20)33)15-38-42(37,41-19-10-8-7-9-11-19)32-21(14-17(2)3)26(35)39-18(4)5/h1,7-13,16-18,21-23,27,34,36H,14-15H2,2-5H3,(H,32,37)(H2,29,30,31)/t21-,22+,23+,27+,28+,42?/m0/s1. The largest absolute Gasteiger partial charge is 0.462 e. The lowest BCUT2D eigenvalue weighted by Crippen LogP contribution is -2.46. The number of nitrogens with zero attached hydrogens (tertiary/aromatic N) is 3. The van der Waals surface area contributed by atoms with Crippen LogP contribution in [0.15, 0.2) is 48.9 Å². The number of rotatable bonds is 12. The summed E-state index contributed by atoms with van der Waals surface area (Å²) >= 11 is 0. The molecule has 3 aromatic rings. The molecule has 14 heteroatoms. The van der Waals surface area contributed by atoms with Gasteiger partial charge in [-0.3, -0.25) is 9.32 Å². The van der Waals surface area contributed by atoms with Crippen molar-refractivity contribution >= 4 is 30.6 Å². The van der Waals surface area contributed by atoms with E-state index in [0.717, 1.165) is 0 Å². The minimum atomic E-state index is -4.32.